The van der Waals surface area contributed by atoms with Gasteiger partial charge in [0.1, 0.15) is 24.7 Å². The van der Waals surface area contributed by atoms with Gasteiger partial charge in [-0.2, -0.15) is 0 Å². The number of carbonyl (C=O) groups excluding carboxylic acids is 6. The number of piperidine rings is 1. The molecule has 0 aromatic heterocycles. The summed E-state index contributed by atoms with van der Waals surface area (Å²) >= 11 is 4.24. The van der Waals surface area contributed by atoms with Gasteiger partial charge in [0.15, 0.2) is 0 Å². The zero-order chi connectivity index (χ0) is 37.0. The molecule has 2 bridgehead atoms. The number of esters is 1. The summed E-state index contributed by atoms with van der Waals surface area (Å²) < 4.78 is 17.1. The number of nitrogens with zero attached hydrogens (tertiary/aromatic N) is 2. The third-order valence-corrected chi connectivity index (χ3v) is 9.56. The predicted octanol–water partition coefficient (Wildman–Crippen LogP) is 2.89. The molecule has 3 heterocycles. The number of ether oxygens (including phenoxy) is 3. The third kappa shape index (κ3) is 12.0. The van der Waals surface area contributed by atoms with Crippen LogP contribution in [0.5, 0.6) is 0 Å². The minimum Gasteiger partial charge on any atom is -0.459 e. The van der Waals surface area contributed by atoms with E-state index in [0.717, 1.165) is 15.4 Å². The molecule has 3 N–H and O–H groups in total. The molecule has 3 aliphatic rings. The SMILES string of the molecule is C.COC1CC2CCC(C)C(O)(O2)C(=O)C(=O)N2CCCC[C@H]2C(=O)N[C@H](CCc2ccccc2)C(=O)NCC(=O)N(C)CC(=O)OC1C.II. The van der Waals surface area contributed by atoms with Gasteiger partial charge in [-0.1, -0.05) is 44.7 Å². The van der Waals surface area contributed by atoms with Crippen LogP contribution >= 0.6 is 37.2 Å². The number of carbonyl (C=O) groups is 6. The molecule has 3 saturated heterocycles. The maximum absolute atomic E-state index is 13.8. The maximum Gasteiger partial charge on any atom is 0.325 e. The summed E-state index contributed by atoms with van der Waals surface area (Å²) in [5.74, 6) is -7.89. The quantitative estimate of drug-likeness (QED) is 0.231. The van der Waals surface area contributed by atoms with Crippen molar-refractivity contribution >= 4 is 72.6 Å². The standard InChI is InChI=1S/C34H48N4O10.CH4.I2/c1-21-13-15-24-18-27(46-4)22(2)47-29(40)20-37(3)28(39)19-35-31(42)25(16-14-23-10-6-5-7-11-23)36-32(43)26-12-8-9-17-38(26)33(44)30(41)34(21,45)48-24;;1-2/h5-7,10-11,21-22,24-27,45H,8-9,12-20H2,1-4H3,(H,35,42)(H,36,43);1H4;/t21?,22?,24?,25-,26+,27?,34?;;/m1../s1. The van der Waals surface area contributed by atoms with E-state index in [0.29, 0.717) is 32.1 Å². The first-order chi connectivity index (χ1) is 23.8. The summed E-state index contributed by atoms with van der Waals surface area (Å²) in [5, 5.41) is 16.9. The van der Waals surface area contributed by atoms with E-state index in [1.54, 1.807) is 13.8 Å². The number of hydrogen-bond acceptors (Lipinski definition) is 10. The van der Waals surface area contributed by atoms with E-state index in [-0.39, 0.29) is 33.2 Å². The van der Waals surface area contributed by atoms with Gasteiger partial charge in [-0.05, 0) is 57.4 Å². The highest BCUT2D eigenvalue weighted by Gasteiger charge is 2.53. The highest BCUT2D eigenvalue weighted by Crippen LogP contribution is 2.36. The summed E-state index contributed by atoms with van der Waals surface area (Å²) in [6, 6.07) is 7.20. The Labute approximate surface area is 323 Å². The molecule has 51 heavy (non-hydrogen) atoms. The van der Waals surface area contributed by atoms with Gasteiger partial charge in [0, 0.05) is 70.3 Å². The minimum absolute atomic E-state index is 0. The molecule has 3 aliphatic heterocycles. The number of nitrogens with one attached hydrogen (secondary N) is 2. The molecule has 3 fully saturated rings. The number of Topliss-reactive ketones (excluding diaryl/α,β-unsaturated/α-hetero) is 1. The van der Waals surface area contributed by atoms with Crippen molar-refractivity contribution in [3.8, 4) is 0 Å². The zero-order valence-electron chi connectivity index (χ0n) is 28.9. The van der Waals surface area contributed by atoms with Crippen molar-refractivity contribution in [1.29, 1.82) is 0 Å². The van der Waals surface area contributed by atoms with E-state index >= 15 is 0 Å². The lowest BCUT2D eigenvalue weighted by Crippen LogP contribution is -2.62. The molecule has 5 unspecified atom stereocenters. The number of cyclic esters (lactones) is 1. The molecule has 0 aliphatic carbocycles. The zero-order valence-corrected chi connectivity index (χ0v) is 33.2. The Bertz CT molecular complexity index is 1350. The second-order valence-electron chi connectivity index (χ2n) is 13.0. The molecule has 4 amide bonds. The first-order valence-electron chi connectivity index (χ1n) is 16.8. The van der Waals surface area contributed by atoms with Crippen LogP contribution in [-0.2, 0) is 49.4 Å². The van der Waals surface area contributed by atoms with E-state index in [2.05, 4.69) is 47.9 Å². The van der Waals surface area contributed by atoms with E-state index in [1.807, 2.05) is 30.3 Å². The largest absolute Gasteiger partial charge is 0.459 e. The second-order valence-corrected chi connectivity index (χ2v) is 13.0. The van der Waals surface area contributed by atoms with Crippen molar-refractivity contribution in [3.63, 3.8) is 0 Å². The molecule has 16 heteroatoms. The van der Waals surface area contributed by atoms with Gasteiger partial charge in [0.2, 0.25) is 23.5 Å². The number of fused-ring (bicyclic) bond motifs is 3. The Morgan fingerprint density at radius 1 is 1.00 bits per heavy atom. The molecule has 1 aromatic carbocycles. The number of halogens is 2. The molecule has 4 rings (SSSR count). The molecule has 0 spiro atoms. The fourth-order valence-electron chi connectivity index (χ4n) is 6.49. The lowest BCUT2D eigenvalue weighted by molar-refractivity contribution is -0.267. The summed E-state index contributed by atoms with van der Waals surface area (Å²) in [6.45, 7) is 2.51. The smallest absolute Gasteiger partial charge is 0.325 e. The number of methoxy groups -OCH3 is 1. The average Bonchev–Trinajstić information content (AvgIpc) is 3.12. The van der Waals surface area contributed by atoms with Gasteiger partial charge in [-0.25, -0.2) is 0 Å². The van der Waals surface area contributed by atoms with E-state index in [1.165, 1.54) is 14.2 Å². The minimum atomic E-state index is -2.45. The lowest BCUT2D eigenvalue weighted by atomic mass is 9.85. The number of aliphatic hydroxyl groups is 1. The number of hydrogen-bond donors (Lipinski definition) is 3. The van der Waals surface area contributed by atoms with Gasteiger partial charge < -0.3 is 39.8 Å². The van der Waals surface area contributed by atoms with Crippen LogP contribution in [0.25, 0.3) is 0 Å². The summed E-state index contributed by atoms with van der Waals surface area (Å²) in [4.78, 5) is 82.6. The monoisotopic (exact) mass is 942 g/mol. The van der Waals surface area contributed by atoms with Crippen molar-refractivity contribution < 1.29 is 48.1 Å². The fourth-order valence-corrected chi connectivity index (χ4v) is 6.49. The number of benzene rings is 1. The first-order valence-corrected chi connectivity index (χ1v) is 23.1. The number of likely N-dealkylation sites (N-methyl/N-ethyl adjacent to an activating group) is 1. The number of ketones is 1. The molecule has 286 valence electrons. The third-order valence-electron chi connectivity index (χ3n) is 9.56. The van der Waals surface area contributed by atoms with Gasteiger partial charge in [0.25, 0.3) is 11.7 Å². The van der Waals surface area contributed by atoms with Crippen molar-refractivity contribution in [1.82, 2.24) is 20.4 Å². The summed E-state index contributed by atoms with van der Waals surface area (Å²) in [7, 11) is 2.83. The van der Waals surface area contributed by atoms with Gasteiger partial charge in [-0.3, -0.25) is 28.8 Å². The fraction of sp³-hybridized carbons (Fsp3) is 0.657. The molecule has 7 atom stereocenters. The topological polar surface area (TPSA) is 181 Å². The molecule has 1 aromatic rings. The van der Waals surface area contributed by atoms with Crippen molar-refractivity contribution in [2.75, 3.05) is 33.8 Å². The van der Waals surface area contributed by atoms with E-state index < -0.39 is 90.6 Å². The van der Waals surface area contributed by atoms with Gasteiger partial charge >= 0.3 is 5.97 Å². The van der Waals surface area contributed by atoms with Crippen molar-refractivity contribution in [3.05, 3.63) is 35.9 Å². The Morgan fingerprint density at radius 2 is 1.69 bits per heavy atom. The normalized spacial score (nSPS) is 30.3. The van der Waals surface area contributed by atoms with Crippen LogP contribution in [0, 0.1) is 5.92 Å². The van der Waals surface area contributed by atoms with E-state index in [9.17, 15) is 33.9 Å². The van der Waals surface area contributed by atoms with Crippen LogP contribution in [0.3, 0.4) is 0 Å². The average molecular weight is 943 g/mol. The van der Waals surface area contributed by atoms with Crippen LogP contribution in [0.4, 0.5) is 0 Å². The highest BCUT2D eigenvalue weighted by molar-refractivity contribution is 15.0. The van der Waals surface area contributed by atoms with Crippen LogP contribution in [0.2, 0.25) is 0 Å². The Hall–Kier alpha value is -2.42. The predicted molar refractivity (Wildman–Crippen MR) is 206 cm³/mol. The number of rotatable bonds is 4. The second kappa shape index (κ2) is 21.3. The number of amides is 4. The maximum atomic E-state index is 13.8. The molecule has 14 nitrogen and oxygen atoms in total. The van der Waals surface area contributed by atoms with Crippen LogP contribution in [-0.4, -0.2) is 120 Å². The highest BCUT2D eigenvalue weighted by atomic mass is 128. The van der Waals surface area contributed by atoms with Gasteiger partial charge in [0.05, 0.1) is 18.8 Å². The molecular weight excluding hydrogens is 890 g/mol. The van der Waals surface area contributed by atoms with Crippen LogP contribution < -0.4 is 10.6 Å². The first kappa shape index (κ1) is 44.7. The van der Waals surface area contributed by atoms with Crippen LogP contribution in [0.1, 0.15) is 71.8 Å². The van der Waals surface area contributed by atoms with Crippen molar-refractivity contribution in [2.45, 2.75) is 109 Å². The van der Waals surface area contributed by atoms with E-state index in [4.69, 9.17) is 14.2 Å². The lowest BCUT2D eigenvalue weighted by Gasteiger charge is -2.43. The Morgan fingerprint density at radius 3 is 2.35 bits per heavy atom. The summed E-state index contributed by atoms with van der Waals surface area (Å²) in [5.41, 5.74) is 0.925. The molecule has 0 radical (unpaired) electrons. The number of aryl methyl sites for hydroxylation is 1. The Balaban J connectivity index is 0.00000295. The molecule has 0 saturated carbocycles. The molecular formula is C35H52I2N4O10. The summed E-state index contributed by atoms with van der Waals surface area (Å²) in [6.07, 6.45) is 0.760. The van der Waals surface area contributed by atoms with Crippen molar-refractivity contribution in [2.24, 2.45) is 5.92 Å². The Kier molecular flexibility index (Phi) is 18.7. The van der Waals surface area contributed by atoms with Gasteiger partial charge in [-0.15, -0.1) is 0 Å². The van der Waals surface area contributed by atoms with Crippen LogP contribution in [0.15, 0.2) is 30.3 Å².